The first-order valence-electron chi connectivity index (χ1n) is 5.90. The molecule has 1 heterocycles. The Bertz CT molecular complexity index is 534. The first kappa shape index (κ1) is 16.4. The summed E-state index contributed by atoms with van der Waals surface area (Å²) in [5, 5.41) is 3.09. The zero-order valence-corrected chi connectivity index (χ0v) is 12.5. The van der Waals surface area contributed by atoms with Gasteiger partial charge >= 0.3 is 0 Å². The van der Waals surface area contributed by atoms with Crippen LogP contribution in [0.15, 0.2) is 17.0 Å². The zero-order chi connectivity index (χ0) is 13.3. The summed E-state index contributed by atoms with van der Waals surface area (Å²) in [5.41, 5.74) is 0.694. The monoisotopic (exact) mass is 308 g/mol. The molecule has 0 spiro atoms. The smallest absolute Gasteiger partial charge is 0.240 e. The topological polar surface area (TPSA) is 58.2 Å². The van der Waals surface area contributed by atoms with Crippen LogP contribution in [0.3, 0.4) is 0 Å². The fraction of sp³-hybridized carbons (Fsp3) is 0.500. The van der Waals surface area contributed by atoms with Gasteiger partial charge in [-0.15, -0.1) is 12.4 Å². The van der Waals surface area contributed by atoms with Crippen LogP contribution >= 0.6 is 12.4 Å². The third-order valence-corrected chi connectivity index (χ3v) is 4.60. The third-order valence-electron chi connectivity index (χ3n) is 3.10. The van der Waals surface area contributed by atoms with E-state index in [2.05, 4.69) is 10.0 Å². The first-order valence-corrected chi connectivity index (χ1v) is 7.38. The van der Waals surface area contributed by atoms with Crippen LogP contribution in [0.4, 0.5) is 4.39 Å². The van der Waals surface area contributed by atoms with E-state index >= 15 is 0 Å². The molecule has 2 rings (SSSR count). The minimum atomic E-state index is -3.56. The van der Waals surface area contributed by atoms with E-state index < -0.39 is 10.0 Å². The summed E-state index contributed by atoms with van der Waals surface area (Å²) in [6.45, 7) is 4.59. The molecular formula is C12H18ClFN2O2S. The molecule has 108 valence electrons. The Morgan fingerprint density at radius 1 is 1.32 bits per heavy atom. The average Bonchev–Trinajstić information content (AvgIpc) is 2.77. The predicted molar refractivity (Wildman–Crippen MR) is 74.7 cm³/mol. The van der Waals surface area contributed by atoms with Gasteiger partial charge in [-0.1, -0.05) is 0 Å². The molecule has 0 saturated carbocycles. The van der Waals surface area contributed by atoms with Crippen molar-refractivity contribution in [2.24, 2.45) is 0 Å². The highest BCUT2D eigenvalue weighted by Gasteiger charge is 2.23. The Kier molecular flexibility index (Phi) is 5.32. The molecule has 1 fully saturated rings. The maximum atomic E-state index is 13.5. The lowest BCUT2D eigenvalue weighted by Crippen LogP contribution is -2.36. The number of aryl methyl sites for hydroxylation is 2. The lowest BCUT2D eigenvalue weighted by molar-refractivity contribution is 0.558. The fourth-order valence-corrected chi connectivity index (χ4v) is 3.54. The SMILES string of the molecule is Cc1cc(S(=O)(=O)NC2CCNC2)cc(C)c1F.Cl. The zero-order valence-electron chi connectivity index (χ0n) is 10.9. The van der Waals surface area contributed by atoms with Crippen molar-refractivity contribution in [1.29, 1.82) is 0 Å². The van der Waals surface area contributed by atoms with Crippen molar-refractivity contribution in [3.05, 3.63) is 29.1 Å². The molecule has 1 aromatic rings. The molecule has 7 heteroatoms. The maximum absolute atomic E-state index is 13.5. The molecule has 0 radical (unpaired) electrons. The summed E-state index contributed by atoms with van der Waals surface area (Å²) in [7, 11) is -3.56. The van der Waals surface area contributed by atoms with Crippen LogP contribution in [-0.2, 0) is 10.0 Å². The molecule has 2 N–H and O–H groups in total. The molecule has 1 aliphatic rings. The van der Waals surface area contributed by atoms with E-state index in [9.17, 15) is 12.8 Å². The van der Waals surface area contributed by atoms with Crippen LogP contribution < -0.4 is 10.0 Å². The second kappa shape index (κ2) is 6.17. The minimum Gasteiger partial charge on any atom is -0.315 e. The molecular weight excluding hydrogens is 291 g/mol. The van der Waals surface area contributed by atoms with Gasteiger partial charge in [0.15, 0.2) is 0 Å². The second-order valence-electron chi connectivity index (χ2n) is 4.68. The van der Waals surface area contributed by atoms with E-state index in [4.69, 9.17) is 0 Å². The Labute approximate surface area is 119 Å². The normalized spacial score (nSPS) is 19.2. The van der Waals surface area contributed by atoms with E-state index in [1.165, 1.54) is 12.1 Å². The molecule has 0 aliphatic carbocycles. The molecule has 0 bridgehead atoms. The molecule has 0 aromatic heterocycles. The lowest BCUT2D eigenvalue weighted by atomic mass is 10.1. The van der Waals surface area contributed by atoms with Gasteiger partial charge in [0.25, 0.3) is 0 Å². The van der Waals surface area contributed by atoms with Gasteiger partial charge in [-0.3, -0.25) is 0 Å². The number of hydrogen-bond donors (Lipinski definition) is 2. The number of hydrogen-bond acceptors (Lipinski definition) is 3. The van der Waals surface area contributed by atoms with Crippen LogP contribution in [-0.4, -0.2) is 27.5 Å². The molecule has 1 atom stereocenters. The van der Waals surface area contributed by atoms with Gasteiger partial charge in [0.2, 0.25) is 10.0 Å². The highest BCUT2D eigenvalue weighted by Crippen LogP contribution is 2.19. The van der Waals surface area contributed by atoms with Crippen LogP contribution in [0.25, 0.3) is 0 Å². The maximum Gasteiger partial charge on any atom is 0.240 e. The van der Waals surface area contributed by atoms with E-state index in [1.807, 2.05) is 0 Å². The summed E-state index contributed by atoms with van der Waals surface area (Å²) in [5.74, 6) is -0.350. The summed E-state index contributed by atoms with van der Waals surface area (Å²) >= 11 is 0. The average molecular weight is 309 g/mol. The van der Waals surface area contributed by atoms with Crippen molar-refractivity contribution in [2.75, 3.05) is 13.1 Å². The van der Waals surface area contributed by atoms with Gasteiger partial charge < -0.3 is 5.32 Å². The van der Waals surface area contributed by atoms with E-state index in [1.54, 1.807) is 13.8 Å². The number of halogens is 2. The molecule has 0 amide bonds. The van der Waals surface area contributed by atoms with Gasteiger partial charge in [0.05, 0.1) is 4.90 Å². The van der Waals surface area contributed by atoms with Gasteiger partial charge in [-0.2, -0.15) is 0 Å². The van der Waals surface area contributed by atoms with Crippen molar-refractivity contribution in [3.63, 3.8) is 0 Å². The van der Waals surface area contributed by atoms with Crippen LogP contribution in [0.1, 0.15) is 17.5 Å². The summed E-state index contributed by atoms with van der Waals surface area (Å²) in [6, 6.07) is 2.65. The molecule has 1 saturated heterocycles. The Balaban J connectivity index is 0.00000180. The highest BCUT2D eigenvalue weighted by molar-refractivity contribution is 7.89. The minimum absolute atomic E-state index is 0. The number of sulfonamides is 1. The second-order valence-corrected chi connectivity index (χ2v) is 6.40. The third kappa shape index (κ3) is 3.66. The fourth-order valence-electron chi connectivity index (χ4n) is 2.10. The standard InChI is InChI=1S/C12H17FN2O2S.ClH/c1-8-5-11(6-9(2)12(8)13)18(16,17)15-10-3-4-14-7-10;/h5-6,10,14-15H,3-4,7H2,1-2H3;1H. The number of nitrogens with one attached hydrogen (secondary N) is 2. The van der Waals surface area contributed by atoms with Crippen molar-refractivity contribution < 1.29 is 12.8 Å². The van der Waals surface area contributed by atoms with E-state index in [0.29, 0.717) is 17.7 Å². The van der Waals surface area contributed by atoms with Crippen LogP contribution in [0.5, 0.6) is 0 Å². The molecule has 1 aromatic carbocycles. The number of benzene rings is 1. The predicted octanol–water partition coefficient (Wildman–Crippen LogP) is 1.50. The van der Waals surface area contributed by atoms with Gasteiger partial charge in [0, 0.05) is 12.6 Å². The quantitative estimate of drug-likeness (QED) is 0.890. The van der Waals surface area contributed by atoms with Crippen molar-refractivity contribution in [3.8, 4) is 0 Å². The molecule has 1 aliphatic heterocycles. The van der Waals surface area contributed by atoms with E-state index in [-0.39, 0.29) is 29.2 Å². The Hall–Kier alpha value is -0.690. The van der Waals surface area contributed by atoms with Crippen LogP contribution in [0, 0.1) is 19.7 Å². The summed E-state index contributed by atoms with van der Waals surface area (Å²) in [4.78, 5) is 0.130. The Morgan fingerprint density at radius 3 is 2.37 bits per heavy atom. The lowest BCUT2D eigenvalue weighted by Gasteiger charge is -2.13. The van der Waals surface area contributed by atoms with Crippen molar-refractivity contribution in [2.45, 2.75) is 31.2 Å². The summed E-state index contributed by atoms with van der Waals surface area (Å²) in [6.07, 6.45) is 0.776. The van der Waals surface area contributed by atoms with Crippen molar-refractivity contribution >= 4 is 22.4 Å². The first-order chi connectivity index (χ1) is 8.40. The molecule has 1 unspecified atom stereocenters. The van der Waals surface area contributed by atoms with Crippen molar-refractivity contribution in [1.82, 2.24) is 10.0 Å². The van der Waals surface area contributed by atoms with Gasteiger partial charge in [0.1, 0.15) is 5.82 Å². The molecule has 4 nitrogen and oxygen atoms in total. The summed E-state index contributed by atoms with van der Waals surface area (Å²) < 4.78 is 40.4. The van der Waals surface area contributed by atoms with Crippen LogP contribution in [0.2, 0.25) is 0 Å². The highest BCUT2D eigenvalue weighted by atomic mass is 35.5. The number of rotatable bonds is 3. The largest absolute Gasteiger partial charge is 0.315 e. The van der Waals surface area contributed by atoms with Gasteiger partial charge in [-0.25, -0.2) is 17.5 Å². The molecule has 19 heavy (non-hydrogen) atoms. The van der Waals surface area contributed by atoms with E-state index in [0.717, 1.165) is 13.0 Å². The van der Waals surface area contributed by atoms with Gasteiger partial charge in [-0.05, 0) is 50.1 Å². The Morgan fingerprint density at radius 2 is 1.89 bits per heavy atom.